The number of carbonyl (C=O) groups is 1. The lowest BCUT2D eigenvalue weighted by Gasteiger charge is -2.29. The monoisotopic (exact) mass is 425 g/mol. The van der Waals surface area contributed by atoms with Crippen LogP contribution in [0.25, 0.3) is 0 Å². The Hall–Kier alpha value is -3.75. The van der Waals surface area contributed by atoms with Crippen LogP contribution in [0.3, 0.4) is 0 Å². The van der Waals surface area contributed by atoms with E-state index in [1.807, 2.05) is 30.3 Å². The third kappa shape index (κ3) is 3.98. The first-order chi connectivity index (χ1) is 14.9. The zero-order valence-corrected chi connectivity index (χ0v) is 16.3. The lowest BCUT2D eigenvalue weighted by Crippen LogP contribution is -2.58. The van der Waals surface area contributed by atoms with Gasteiger partial charge in [0.25, 0.3) is 5.91 Å². The number of nitrogens with zero attached hydrogens (tertiary/aromatic N) is 4. The van der Waals surface area contributed by atoms with Gasteiger partial charge in [0.1, 0.15) is 5.84 Å². The van der Waals surface area contributed by atoms with Gasteiger partial charge in [-0.25, -0.2) is 15.0 Å². The van der Waals surface area contributed by atoms with Crippen LogP contribution in [0.2, 0.25) is 0 Å². The number of rotatable bonds is 6. The van der Waals surface area contributed by atoms with Gasteiger partial charge in [0.05, 0.1) is 0 Å². The molecule has 158 valence electrons. The third-order valence-electron chi connectivity index (χ3n) is 4.85. The van der Waals surface area contributed by atoms with Gasteiger partial charge in [0, 0.05) is 24.5 Å². The van der Waals surface area contributed by atoms with Crippen molar-refractivity contribution in [3.63, 3.8) is 0 Å². The maximum Gasteiger partial charge on any atom is 0.442 e. The highest BCUT2D eigenvalue weighted by Crippen LogP contribution is 2.40. The van der Waals surface area contributed by atoms with Crippen LogP contribution >= 0.6 is 0 Å². The summed E-state index contributed by atoms with van der Waals surface area (Å²) in [6.45, 7) is 0.0335. The van der Waals surface area contributed by atoms with E-state index in [1.54, 1.807) is 30.3 Å². The molecule has 0 aliphatic carbocycles. The fourth-order valence-electron chi connectivity index (χ4n) is 3.32. The average molecular weight is 425 g/mol. The second-order valence-electron chi connectivity index (χ2n) is 6.90. The second-order valence-corrected chi connectivity index (χ2v) is 6.90. The lowest BCUT2D eigenvalue weighted by atomic mass is 10.1. The molecule has 1 aliphatic rings. The first kappa shape index (κ1) is 20.5. The van der Waals surface area contributed by atoms with Crippen molar-refractivity contribution in [1.82, 2.24) is 14.9 Å². The van der Waals surface area contributed by atoms with E-state index in [1.165, 1.54) is 18.5 Å². The van der Waals surface area contributed by atoms with E-state index in [4.69, 9.17) is 0 Å². The molecule has 6 nitrogen and oxygen atoms in total. The number of alkyl halides is 3. The van der Waals surface area contributed by atoms with Gasteiger partial charge >= 0.3 is 11.8 Å². The molecule has 0 saturated carbocycles. The van der Waals surface area contributed by atoms with Crippen molar-refractivity contribution >= 4 is 17.7 Å². The number of aliphatic imine (C=N–C) groups is 1. The first-order valence-corrected chi connectivity index (χ1v) is 9.54. The lowest BCUT2D eigenvalue weighted by molar-refractivity contribution is -0.185. The van der Waals surface area contributed by atoms with Gasteiger partial charge in [-0.1, -0.05) is 60.7 Å². The summed E-state index contributed by atoms with van der Waals surface area (Å²) in [4.78, 5) is 25.8. The van der Waals surface area contributed by atoms with Gasteiger partial charge in [0.2, 0.25) is 5.95 Å². The standard InChI is InChI=1S/C22H18F3N5O/c23-22(24,25)21(29-20-26-13-7-14-27-20)19(31)30(15-12-16-8-3-1-4-9-16)18(28-21)17-10-5-2-6-11-17/h1-11,13-14H,12,15H2,(H,26,27,29)/t21-/m0/s1. The van der Waals surface area contributed by atoms with Crippen LogP contribution in [0.15, 0.2) is 84.1 Å². The fourth-order valence-corrected chi connectivity index (χ4v) is 3.32. The molecule has 9 heteroatoms. The van der Waals surface area contributed by atoms with E-state index in [0.717, 1.165) is 10.5 Å². The molecule has 0 fully saturated rings. The van der Waals surface area contributed by atoms with E-state index in [-0.39, 0.29) is 18.3 Å². The summed E-state index contributed by atoms with van der Waals surface area (Å²) in [7, 11) is 0. The molecule has 4 rings (SSSR count). The molecule has 1 aromatic heterocycles. The summed E-state index contributed by atoms with van der Waals surface area (Å²) >= 11 is 0. The summed E-state index contributed by atoms with van der Waals surface area (Å²) in [5, 5.41) is 2.15. The zero-order valence-electron chi connectivity index (χ0n) is 16.3. The summed E-state index contributed by atoms with van der Waals surface area (Å²) in [6.07, 6.45) is -2.08. The summed E-state index contributed by atoms with van der Waals surface area (Å²) in [5.74, 6) is -1.61. The van der Waals surface area contributed by atoms with Gasteiger partial charge < -0.3 is 5.32 Å². The average Bonchev–Trinajstić information content (AvgIpc) is 3.07. The van der Waals surface area contributed by atoms with Crippen LogP contribution in [0.5, 0.6) is 0 Å². The molecule has 1 amide bonds. The predicted molar refractivity (Wildman–Crippen MR) is 109 cm³/mol. The number of benzene rings is 2. The number of amidine groups is 1. The molecular formula is C22H18F3N5O. The van der Waals surface area contributed by atoms with E-state index >= 15 is 0 Å². The van der Waals surface area contributed by atoms with Crippen molar-refractivity contribution in [2.75, 3.05) is 11.9 Å². The van der Waals surface area contributed by atoms with Crippen molar-refractivity contribution in [3.8, 4) is 0 Å². The molecule has 31 heavy (non-hydrogen) atoms. The molecule has 0 saturated heterocycles. The highest BCUT2D eigenvalue weighted by Gasteiger charge is 2.66. The molecule has 0 unspecified atom stereocenters. The topological polar surface area (TPSA) is 70.5 Å². The second kappa shape index (κ2) is 8.17. The van der Waals surface area contributed by atoms with Gasteiger partial charge in [-0.2, -0.15) is 13.2 Å². The summed E-state index contributed by atoms with van der Waals surface area (Å²) < 4.78 is 42.9. The van der Waals surface area contributed by atoms with Crippen molar-refractivity contribution in [2.24, 2.45) is 4.99 Å². The fraction of sp³-hybridized carbons (Fsp3) is 0.182. The number of amides is 1. The van der Waals surface area contributed by atoms with E-state index in [0.29, 0.717) is 12.0 Å². The maximum atomic E-state index is 14.3. The van der Waals surface area contributed by atoms with Gasteiger partial charge in [-0.3, -0.25) is 9.69 Å². The predicted octanol–water partition coefficient (Wildman–Crippen LogP) is 3.68. The molecule has 0 bridgehead atoms. The molecule has 2 aromatic carbocycles. The van der Waals surface area contributed by atoms with E-state index in [9.17, 15) is 18.0 Å². The molecular weight excluding hydrogens is 407 g/mol. The molecule has 0 spiro atoms. The Morgan fingerprint density at radius 2 is 1.52 bits per heavy atom. The minimum atomic E-state index is -5.02. The number of carbonyl (C=O) groups excluding carboxylic acids is 1. The Labute approximate surface area is 176 Å². The normalized spacial score (nSPS) is 18.7. The summed E-state index contributed by atoms with van der Waals surface area (Å²) in [5.41, 5.74) is -1.91. The SMILES string of the molecule is O=C1N(CCc2ccccc2)C(c2ccccc2)=N[C@@]1(Nc1ncccn1)C(F)(F)F. The van der Waals surface area contributed by atoms with Gasteiger partial charge in [-0.05, 0) is 18.1 Å². The van der Waals surface area contributed by atoms with Crippen molar-refractivity contribution < 1.29 is 18.0 Å². The Bertz CT molecular complexity index is 1070. The van der Waals surface area contributed by atoms with Crippen molar-refractivity contribution in [2.45, 2.75) is 18.3 Å². The molecule has 1 aliphatic heterocycles. The molecule has 0 radical (unpaired) electrons. The van der Waals surface area contributed by atoms with Crippen LogP contribution in [0.1, 0.15) is 11.1 Å². The first-order valence-electron chi connectivity index (χ1n) is 9.54. The summed E-state index contributed by atoms with van der Waals surface area (Å²) in [6, 6.07) is 19.0. The van der Waals surface area contributed by atoms with Gasteiger partial charge in [0.15, 0.2) is 0 Å². The van der Waals surface area contributed by atoms with Crippen LogP contribution in [-0.2, 0) is 11.2 Å². The van der Waals surface area contributed by atoms with Crippen LogP contribution in [0, 0.1) is 0 Å². The highest BCUT2D eigenvalue weighted by atomic mass is 19.4. The zero-order chi connectivity index (χ0) is 21.9. The number of anilines is 1. The molecule has 2 heterocycles. The quantitative estimate of drug-likeness (QED) is 0.654. The van der Waals surface area contributed by atoms with Crippen LogP contribution in [0.4, 0.5) is 19.1 Å². The number of hydrogen-bond acceptors (Lipinski definition) is 5. The molecule has 1 N–H and O–H groups in total. The van der Waals surface area contributed by atoms with Crippen molar-refractivity contribution in [3.05, 3.63) is 90.3 Å². The highest BCUT2D eigenvalue weighted by molar-refractivity contribution is 6.16. The third-order valence-corrected chi connectivity index (χ3v) is 4.85. The number of nitrogens with one attached hydrogen (secondary N) is 1. The minimum absolute atomic E-state index is 0.0335. The minimum Gasteiger partial charge on any atom is -0.314 e. The maximum absolute atomic E-state index is 14.3. The smallest absolute Gasteiger partial charge is 0.314 e. The largest absolute Gasteiger partial charge is 0.442 e. The number of hydrogen-bond donors (Lipinski definition) is 1. The number of aromatic nitrogens is 2. The Balaban J connectivity index is 1.76. The van der Waals surface area contributed by atoms with Crippen molar-refractivity contribution in [1.29, 1.82) is 0 Å². The van der Waals surface area contributed by atoms with Crippen LogP contribution in [-0.4, -0.2) is 45.0 Å². The molecule has 1 atom stereocenters. The molecule has 3 aromatic rings. The van der Waals surface area contributed by atoms with E-state index < -0.39 is 17.7 Å². The van der Waals surface area contributed by atoms with E-state index in [2.05, 4.69) is 20.3 Å². The van der Waals surface area contributed by atoms with Gasteiger partial charge in [-0.15, -0.1) is 0 Å². The Morgan fingerprint density at radius 1 is 0.903 bits per heavy atom. The Kier molecular flexibility index (Phi) is 5.41. The van der Waals surface area contributed by atoms with Crippen LogP contribution < -0.4 is 5.32 Å². The Morgan fingerprint density at radius 3 is 2.13 bits per heavy atom. The number of halogens is 3.